The van der Waals surface area contributed by atoms with Gasteiger partial charge >= 0.3 is 12.1 Å². The average molecular weight is 296 g/mol. The van der Waals surface area contributed by atoms with Crippen LogP contribution in [-0.2, 0) is 11.0 Å². The molecule has 0 bridgehead atoms. The number of hydrogen-bond donors (Lipinski definition) is 1. The molecule has 110 valence electrons. The van der Waals surface area contributed by atoms with Gasteiger partial charge in [-0.25, -0.2) is 4.79 Å². The van der Waals surface area contributed by atoms with E-state index in [0.29, 0.717) is 5.71 Å². The lowest BCUT2D eigenvalue weighted by molar-refractivity contribution is -0.137. The lowest BCUT2D eigenvalue weighted by Gasteiger charge is -2.06. The largest absolute Gasteiger partial charge is 0.416 e. The summed E-state index contributed by atoms with van der Waals surface area (Å²) in [5, 5.41) is 3.64. The van der Waals surface area contributed by atoms with E-state index < -0.39 is 17.7 Å². The Morgan fingerprint density at radius 2 is 1.81 bits per heavy atom. The van der Waals surface area contributed by atoms with Gasteiger partial charge in [-0.3, -0.25) is 0 Å². The van der Waals surface area contributed by atoms with Crippen molar-refractivity contribution in [3.05, 3.63) is 59.4 Å². The van der Waals surface area contributed by atoms with Crippen LogP contribution in [0.5, 0.6) is 0 Å². The Kier molecular flexibility index (Phi) is 4.11. The number of nitrogens with zero attached hydrogens (tertiary/aromatic N) is 1. The van der Waals surface area contributed by atoms with Crippen molar-refractivity contribution in [2.24, 2.45) is 5.16 Å². The fourth-order valence-electron chi connectivity index (χ4n) is 1.56. The maximum absolute atomic E-state index is 12.4. The van der Waals surface area contributed by atoms with Crippen molar-refractivity contribution in [2.45, 2.75) is 13.1 Å². The average Bonchev–Trinajstić information content (AvgIpc) is 2.98. The second-order valence-electron chi connectivity index (χ2n) is 4.23. The van der Waals surface area contributed by atoms with E-state index in [1.165, 1.54) is 0 Å². The highest BCUT2D eigenvalue weighted by atomic mass is 19.4. The third-order valence-corrected chi connectivity index (χ3v) is 2.73. The Hall–Kier alpha value is -2.57. The van der Waals surface area contributed by atoms with E-state index in [2.05, 4.69) is 10.1 Å². The fourth-order valence-corrected chi connectivity index (χ4v) is 1.56. The molecule has 0 saturated heterocycles. The molecule has 1 aromatic carbocycles. The smallest absolute Gasteiger partial charge is 0.367 e. The van der Waals surface area contributed by atoms with Crippen LogP contribution in [0.2, 0.25) is 0 Å². The molecule has 2 rings (SSSR count). The minimum absolute atomic E-state index is 0.00591. The normalized spacial score (nSPS) is 12.3. The fraction of sp³-hybridized carbons (Fsp3) is 0.143. The Morgan fingerprint density at radius 1 is 1.14 bits per heavy atom. The van der Waals surface area contributed by atoms with Gasteiger partial charge in [0.05, 0.1) is 16.8 Å². The van der Waals surface area contributed by atoms with E-state index in [0.717, 1.165) is 29.8 Å². The van der Waals surface area contributed by atoms with Crippen molar-refractivity contribution < 1.29 is 22.8 Å². The maximum Gasteiger partial charge on any atom is 0.416 e. The highest BCUT2D eigenvalue weighted by Gasteiger charge is 2.30. The number of alkyl halides is 3. The van der Waals surface area contributed by atoms with Gasteiger partial charge in [0.15, 0.2) is 0 Å². The standard InChI is InChI=1S/C14H11F3N2O2/c1-9(11-6-7-18-8-11)19-21-13(20)10-2-4-12(5-3-10)14(15,16)17/h2-8,18H,1H3. The first-order valence-corrected chi connectivity index (χ1v) is 5.94. The molecule has 4 nitrogen and oxygen atoms in total. The van der Waals surface area contributed by atoms with Crippen molar-refractivity contribution in [3.63, 3.8) is 0 Å². The van der Waals surface area contributed by atoms with Crippen LogP contribution in [0.15, 0.2) is 47.9 Å². The quantitative estimate of drug-likeness (QED) is 0.534. The first-order valence-electron chi connectivity index (χ1n) is 5.94. The number of rotatable bonds is 3. The minimum Gasteiger partial charge on any atom is -0.367 e. The van der Waals surface area contributed by atoms with Crippen LogP contribution in [-0.4, -0.2) is 16.7 Å². The van der Waals surface area contributed by atoms with E-state index in [9.17, 15) is 18.0 Å². The molecule has 21 heavy (non-hydrogen) atoms. The van der Waals surface area contributed by atoms with Crippen LogP contribution >= 0.6 is 0 Å². The zero-order valence-corrected chi connectivity index (χ0v) is 10.9. The monoisotopic (exact) mass is 296 g/mol. The van der Waals surface area contributed by atoms with Gasteiger partial charge in [0, 0.05) is 18.0 Å². The van der Waals surface area contributed by atoms with E-state index >= 15 is 0 Å². The first kappa shape index (κ1) is 14.8. The summed E-state index contributed by atoms with van der Waals surface area (Å²) in [5.74, 6) is -0.821. The Balaban J connectivity index is 2.06. The van der Waals surface area contributed by atoms with Gasteiger partial charge in [-0.15, -0.1) is 0 Å². The van der Waals surface area contributed by atoms with E-state index in [1.54, 1.807) is 25.4 Å². The zero-order valence-electron chi connectivity index (χ0n) is 10.9. The molecule has 0 amide bonds. The number of oxime groups is 1. The molecule has 0 aliphatic rings. The molecule has 0 aliphatic heterocycles. The molecule has 0 saturated carbocycles. The maximum atomic E-state index is 12.4. The molecule has 0 spiro atoms. The number of hydrogen-bond acceptors (Lipinski definition) is 3. The van der Waals surface area contributed by atoms with E-state index in [-0.39, 0.29) is 5.56 Å². The van der Waals surface area contributed by atoms with Gasteiger partial charge in [-0.2, -0.15) is 13.2 Å². The summed E-state index contributed by atoms with van der Waals surface area (Å²) in [4.78, 5) is 19.2. The summed E-state index contributed by atoms with van der Waals surface area (Å²) in [6.45, 7) is 1.64. The van der Waals surface area contributed by atoms with Gasteiger partial charge in [-0.1, -0.05) is 5.16 Å². The van der Waals surface area contributed by atoms with E-state index in [1.807, 2.05) is 0 Å². The summed E-state index contributed by atoms with van der Waals surface area (Å²) in [6.07, 6.45) is -1.08. The van der Waals surface area contributed by atoms with Crippen molar-refractivity contribution in [1.82, 2.24) is 4.98 Å². The summed E-state index contributed by atoms with van der Waals surface area (Å²) in [5.41, 5.74) is 0.381. The van der Waals surface area contributed by atoms with Crippen LogP contribution in [0, 0.1) is 0 Å². The van der Waals surface area contributed by atoms with Crippen molar-refractivity contribution in [2.75, 3.05) is 0 Å². The molecule has 0 fully saturated rings. The van der Waals surface area contributed by atoms with Gasteiger partial charge < -0.3 is 9.82 Å². The Labute approximate surface area is 118 Å². The second-order valence-corrected chi connectivity index (χ2v) is 4.23. The number of benzene rings is 1. The number of H-pyrrole nitrogens is 1. The third kappa shape index (κ3) is 3.71. The van der Waals surface area contributed by atoms with Gasteiger partial charge in [-0.05, 0) is 37.3 Å². The van der Waals surface area contributed by atoms with Crippen molar-refractivity contribution >= 4 is 11.7 Å². The van der Waals surface area contributed by atoms with Crippen molar-refractivity contribution in [3.8, 4) is 0 Å². The molecule has 0 unspecified atom stereocenters. The topological polar surface area (TPSA) is 54.4 Å². The number of carbonyl (C=O) groups is 1. The van der Waals surface area contributed by atoms with Crippen LogP contribution in [0.3, 0.4) is 0 Å². The number of aromatic amines is 1. The van der Waals surface area contributed by atoms with Gasteiger partial charge in [0.25, 0.3) is 0 Å². The predicted molar refractivity (Wildman–Crippen MR) is 69.9 cm³/mol. The molecular formula is C14H11F3N2O2. The van der Waals surface area contributed by atoms with Gasteiger partial charge in [0.2, 0.25) is 0 Å². The van der Waals surface area contributed by atoms with Gasteiger partial charge in [0.1, 0.15) is 0 Å². The number of aromatic nitrogens is 1. The molecule has 2 aromatic rings. The highest BCUT2D eigenvalue weighted by Crippen LogP contribution is 2.29. The summed E-state index contributed by atoms with van der Waals surface area (Å²) in [7, 11) is 0. The molecule has 1 heterocycles. The van der Waals surface area contributed by atoms with Crippen LogP contribution in [0.4, 0.5) is 13.2 Å². The molecule has 1 N–H and O–H groups in total. The Morgan fingerprint density at radius 3 is 2.33 bits per heavy atom. The molecule has 1 aromatic heterocycles. The minimum atomic E-state index is -4.44. The number of halogens is 3. The van der Waals surface area contributed by atoms with E-state index in [4.69, 9.17) is 4.84 Å². The molecule has 7 heteroatoms. The molecule has 0 atom stereocenters. The molecule has 0 radical (unpaired) electrons. The highest BCUT2D eigenvalue weighted by molar-refractivity contribution is 5.99. The van der Waals surface area contributed by atoms with Crippen LogP contribution < -0.4 is 0 Å². The van der Waals surface area contributed by atoms with Crippen molar-refractivity contribution in [1.29, 1.82) is 0 Å². The lowest BCUT2D eigenvalue weighted by Crippen LogP contribution is -2.07. The summed E-state index contributed by atoms with van der Waals surface area (Å²) >= 11 is 0. The first-order chi connectivity index (χ1) is 9.88. The number of nitrogens with one attached hydrogen (secondary N) is 1. The Bertz CT molecular complexity index is 644. The SMILES string of the molecule is CC(=NOC(=O)c1ccc(C(F)(F)F)cc1)c1cc[nH]c1. The third-order valence-electron chi connectivity index (χ3n) is 2.73. The zero-order chi connectivity index (χ0) is 15.5. The molecular weight excluding hydrogens is 285 g/mol. The van der Waals surface area contributed by atoms with Crippen LogP contribution in [0.25, 0.3) is 0 Å². The second kappa shape index (κ2) is 5.82. The lowest BCUT2D eigenvalue weighted by atomic mass is 10.1. The molecule has 0 aliphatic carbocycles. The number of carbonyl (C=O) groups excluding carboxylic acids is 1. The summed E-state index contributed by atoms with van der Waals surface area (Å²) < 4.78 is 37.2. The summed E-state index contributed by atoms with van der Waals surface area (Å²) in [6, 6.07) is 5.47. The van der Waals surface area contributed by atoms with Crippen LogP contribution in [0.1, 0.15) is 28.4 Å². The predicted octanol–water partition coefficient (Wildman–Crippen LogP) is 3.61.